The molecule has 1 fully saturated rings. The average Bonchev–Trinajstić information content (AvgIpc) is 2.79. The standard InChI is InChI=1S/C14H20N2O/c15-12-3-1-2-4-13(12)16-11-5-6-14-10(9-11)7-8-17-14/h5-6,9,12-13,16H,1-4,7-8,15H2. The summed E-state index contributed by atoms with van der Waals surface area (Å²) in [6, 6.07) is 7.12. The molecule has 1 aliphatic carbocycles. The average molecular weight is 232 g/mol. The number of hydrogen-bond acceptors (Lipinski definition) is 3. The highest BCUT2D eigenvalue weighted by Crippen LogP contribution is 2.29. The van der Waals surface area contributed by atoms with E-state index in [1.165, 1.54) is 30.5 Å². The van der Waals surface area contributed by atoms with E-state index >= 15 is 0 Å². The Balaban J connectivity index is 1.72. The molecule has 17 heavy (non-hydrogen) atoms. The van der Waals surface area contributed by atoms with Gasteiger partial charge in [-0.15, -0.1) is 0 Å². The first-order chi connectivity index (χ1) is 8.33. The van der Waals surface area contributed by atoms with Gasteiger partial charge in [0, 0.05) is 24.2 Å². The molecule has 0 spiro atoms. The predicted octanol–water partition coefficient (Wildman–Crippen LogP) is 2.30. The first kappa shape index (κ1) is 10.9. The largest absolute Gasteiger partial charge is 0.493 e. The minimum absolute atomic E-state index is 0.299. The summed E-state index contributed by atoms with van der Waals surface area (Å²) in [6.07, 6.45) is 5.93. The van der Waals surface area contributed by atoms with E-state index in [4.69, 9.17) is 10.5 Å². The number of fused-ring (bicyclic) bond motifs is 1. The molecule has 92 valence electrons. The zero-order chi connectivity index (χ0) is 11.7. The van der Waals surface area contributed by atoms with E-state index in [-0.39, 0.29) is 0 Å². The van der Waals surface area contributed by atoms with E-state index in [9.17, 15) is 0 Å². The molecule has 0 amide bonds. The van der Waals surface area contributed by atoms with Gasteiger partial charge in [0.1, 0.15) is 5.75 Å². The number of ether oxygens (including phenoxy) is 1. The zero-order valence-electron chi connectivity index (χ0n) is 10.1. The second-order valence-electron chi connectivity index (χ2n) is 5.12. The Labute approximate surface area is 102 Å². The van der Waals surface area contributed by atoms with Crippen LogP contribution in [0.25, 0.3) is 0 Å². The molecule has 1 aromatic carbocycles. The molecule has 2 unspecified atom stereocenters. The van der Waals surface area contributed by atoms with Crippen molar-refractivity contribution in [2.75, 3.05) is 11.9 Å². The Hall–Kier alpha value is -1.22. The van der Waals surface area contributed by atoms with Gasteiger partial charge in [0.25, 0.3) is 0 Å². The van der Waals surface area contributed by atoms with Crippen molar-refractivity contribution >= 4 is 5.69 Å². The summed E-state index contributed by atoms with van der Waals surface area (Å²) in [5.74, 6) is 1.04. The van der Waals surface area contributed by atoms with Gasteiger partial charge in [-0.1, -0.05) is 12.8 Å². The molecule has 1 aromatic rings. The lowest BCUT2D eigenvalue weighted by Gasteiger charge is -2.30. The van der Waals surface area contributed by atoms with Crippen molar-refractivity contribution in [3.05, 3.63) is 23.8 Å². The Bertz CT molecular complexity index is 405. The summed E-state index contributed by atoms with van der Waals surface area (Å²) in [7, 11) is 0. The van der Waals surface area contributed by atoms with Gasteiger partial charge in [0.2, 0.25) is 0 Å². The molecule has 0 saturated heterocycles. The molecule has 1 saturated carbocycles. The predicted molar refractivity (Wildman–Crippen MR) is 69.5 cm³/mol. The van der Waals surface area contributed by atoms with Crippen molar-refractivity contribution < 1.29 is 4.74 Å². The number of nitrogens with two attached hydrogens (primary N) is 1. The molecule has 1 heterocycles. The minimum atomic E-state index is 0.299. The quantitative estimate of drug-likeness (QED) is 0.822. The second-order valence-corrected chi connectivity index (χ2v) is 5.12. The maximum atomic E-state index is 6.15. The van der Waals surface area contributed by atoms with Crippen LogP contribution < -0.4 is 15.8 Å². The molecule has 0 aromatic heterocycles. The molecule has 3 N–H and O–H groups in total. The Morgan fingerprint density at radius 3 is 3.00 bits per heavy atom. The monoisotopic (exact) mass is 232 g/mol. The summed E-state index contributed by atoms with van der Waals surface area (Å²) < 4.78 is 5.51. The van der Waals surface area contributed by atoms with E-state index in [0.717, 1.165) is 25.2 Å². The number of rotatable bonds is 2. The molecular formula is C14H20N2O. The summed E-state index contributed by atoms with van der Waals surface area (Å²) >= 11 is 0. The third-order valence-electron chi connectivity index (χ3n) is 3.86. The number of benzene rings is 1. The number of nitrogens with one attached hydrogen (secondary N) is 1. The van der Waals surface area contributed by atoms with Crippen molar-refractivity contribution in [1.29, 1.82) is 0 Å². The molecule has 3 nitrogen and oxygen atoms in total. The SMILES string of the molecule is NC1CCCCC1Nc1ccc2c(c1)CCO2. The molecule has 2 aliphatic rings. The van der Waals surface area contributed by atoms with Crippen LogP contribution in [-0.4, -0.2) is 18.7 Å². The van der Waals surface area contributed by atoms with Crippen molar-refractivity contribution in [3.63, 3.8) is 0 Å². The van der Waals surface area contributed by atoms with Gasteiger partial charge in [-0.2, -0.15) is 0 Å². The summed E-state index contributed by atoms with van der Waals surface area (Å²) in [4.78, 5) is 0. The Kier molecular flexibility index (Phi) is 2.93. The normalized spacial score (nSPS) is 27.4. The van der Waals surface area contributed by atoms with Crippen LogP contribution in [0.5, 0.6) is 5.75 Å². The van der Waals surface area contributed by atoms with Crippen LogP contribution in [0.1, 0.15) is 31.2 Å². The smallest absolute Gasteiger partial charge is 0.122 e. The fourth-order valence-corrected chi connectivity index (χ4v) is 2.83. The van der Waals surface area contributed by atoms with Gasteiger partial charge in [0.05, 0.1) is 6.61 Å². The maximum Gasteiger partial charge on any atom is 0.122 e. The maximum absolute atomic E-state index is 6.15. The Morgan fingerprint density at radius 1 is 1.24 bits per heavy atom. The van der Waals surface area contributed by atoms with Gasteiger partial charge in [0.15, 0.2) is 0 Å². The number of hydrogen-bond donors (Lipinski definition) is 2. The van der Waals surface area contributed by atoms with Gasteiger partial charge < -0.3 is 15.8 Å². The lowest BCUT2D eigenvalue weighted by molar-refractivity contribution is 0.357. The van der Waals surface area contributed by atoms with Crippen LogP contribution in [0.4, 0.5) is 5.69 Å². The van der Waals surface area contributed by atoms with Gasteiger partial charge in [-0.3, -0.25) is 0 Å². The highest BCUT2D eigenvalue weighted by molar-refractivity contribution is 5.53. The fourth-order valence-electron chi connectivity index (χ4n) is 2.83. The van der Waals surface area contributed by atoms with Crippen LogP contribution in [0.3, 0.4) is 0 Å². The van der Waals surface area contributed by atoms with E-state index in [1.54, 1.807) is 0 Å². The van der Waals surface area contributed by atoms with E-state index in [1.807, 2.05) is 0 Å². The van der Waals surface area contributed by atoms with Crippen LogP contribution in [-0.2, 0) is 6.42 Å². The van der Waals surface area contributed by atoms with Gasteiger partial charge in [-0.25, -0.2) is 0 Å². The molecule has 2 atom stereocenters. The molecule has 0 bridgehead atoms. The third-order valence-corrected chi connectivity index (χ3v) is 3.86. The van der Waals surface area contributed by atoms with Crippen LogP contribution >= 0.6 is 0 Å². The van der Waals surface area contributed by atoms with Crippen molar-refractivity contribution in [3.8, 4) is 5.75 Å². The topological polar surface area (TPSA) is 47.3 Å². The van der Waals surface area contributed by atoms with Crippen LogP contribution in [0.15, 0.2) is 18.2 Å². The second kappa shape index (κ2) is 4.57. The first-order valence-corrected chi connectivity index (χ1v) is 6.61. The Morgan fingerprint density at radius 2 is 2.12 bits per heavy atom. The molecule has 0 radical (unpaired) electrons. The lowest BCUT2D eigenvalue weighted by Crippen LogP contribution is -2.42. The highest BCUT2D eigenvalue weighted by atomic mass is 16.5. The van der Waals surface area contributed by atoms with Gasteiger partial charge >= 0.3 is 0 Å². The third kappa shape index (κ3) is 2.25. The number of anilines is 1. The zero-order valence-corrected chi connectivity index (χ0v) is 10.1. The van der Waals surface area contributed by atoms with Crippen LogP contribution in [0.2, 0.25) is 0 Å². The molecule has 3 heteroatoms. The fraction of sp³-hybridized carbons (Fsp3) is 0.571. The van der Waals surface area contributed by atoms with E-state index in [0.29, 0.717) is 12.1 Å². The summed E-state index contributed by atoms with van der Waals surface area (Å²) in [5, 5.41) is 3.58. The highest BCUT2D eigenvalue weighted by Gasteiger charge is 2.22. The van der Waals surface area contributed by atoms with Gasteiger partial charge in [-0.05, 0) is 36.6 Å². The molecular weight excluding hydrogens is 212 g/mol. The van der Waals surface area contributed by atoms with Crippen molar-refractivity contribution in [1.82, 2.24) is 0 Å². The lowest BCUT2D eigenvalue weighted by atomic mass is 9.91. The van der Waals surface area contributed by atoms with Crippen molar-refractivity contribution in [2.45, 2.75) is 44.2 Å². The van der Waals surface area contributed by atoms with E-state index in [2.05, 4.69) is 23.5 Å². The van der Waals surface area contributed by atoms with Crippen LogP contribution in [0, 0.1) is 0 Å². The summed E-state index contributed by atoms with van der Waals surface area (Å²) in [5.41, 5.74) is 8.66. The summed E-state index contributed by atoms with van der Waals surface area (Å²) in [6.45, 7) is 0.821. The van der Waals surface area contributed by atoms with E-state index < -0.39 is 0 Å². The van der Waals surface area contributed by atoms with Crippen molar-refractivity contribution in [2.24, 2.45) is 5.73 Å². The minimum Gasteiger partial charge on any atom is -0.493 e. The molecule has 1 aliphatic heterocycles. The molecule has 3 rings (SSSR count). The first-order valence-electron chi connectivity index (χ1n) is 6.61.